The molecule has 1 amide bonds. The third-order valence-electron chi connectivity index (χ3n) is 5.40. The average molecular weight is 372 g/mol. The van der Waals surface area contributed by atoms with Crippen LogP contribution in [0, 0.1) is 5.92 Å². The van der Waals surface area contributed by atoms with E-state index in [0.29, 0.717) is 38.6 Å². The lowest BCUT2D eigenvalue weighted by Gasteiger charge is -2.41. The second kappa shape index (κ2) is 9.99. The zero-order chi connectivity index (χ0) is 19.9. The molecule has 0 aliphatic carbocycles. The Labute approximate surface area is 155 Å². The van der Waals surface area contributed by atoms with Crippen molar-refractivity contribution in [3.8, 4) is 0 Å². The summed E-state index contributed by atoms with van der Waals surface area (Å²) in [5.74, 6) is -2.44. The molecular formula is C18H34N3O5+. The molecule has 26 heavy (non-hydrogen) atoms. The summed E-state index contributed by atoms with van der Waals surface area (Å²) < 4.78 is -0.554. The predicted octanol–water partition coefficient (Wildman–Crippen LogP) is 0.923. The van der Waals surface area contributed by atoms with Crippen molar-refractivity contribution in [3.63, 3.8) is 0 Å². The Morgan fingerprint density at radius 2 is 1.77 bits per heavy atom. The molecule has 0 aromatic rings. The lowest BCUT2D eigenvalue weighted by atomic mass is 9.96. The average Bonchev–Trinajstić information content (AvgIpc) is 2.99. The number of nitrogens with two attached hydrogens (primary N) is 2. The van der Waals surface area contributed by atoms with Gasteiger partial charge in [0.15, 0.2) is 12.1 Å². The van der Waals surface area contributed by atoms with Gasteiger partial charge < -0.3 is 21.7 Å². The van der Waals surface area contributed by atoms with Crippen molar-refractivity contribution >= 4 is 17.8 Å². The van der Waals surface area contributed by atoms with Crippen molar-refractivity contribution in [2.75, 3.05) is 13.1 Å². The van der Waals surface area contributed by atoms with Gasteiger partial charge in [-0.1, -0.05) is 13.8 Å². The summed E-state index contributed by atoms with van der Waals surface area (Å²) in [5, 5.41) is 19.5. The maximum absolute atomic E-state index is 13.3. The van der Waals surface area contributed by atoms with Crippen LogP contribution in [0.15, 0.2) is 0 Å². The van der Waals surface area contributed by atoms with Gasteiger partial charge in [0.25, 0.3) is 0 Å². The molecule has 0 aromatic carbocycles. The maximum Gasteiger partial charge on any atom is 0.363 e. The van der Waals surface area contributed by atoms with E-state index in [9.17, 15) is 24.6 Å². The Morgan fingerprint density at radius 1 is 1.12 bits per heavy atom. The Bertz CT molecular complexity index is 511. The van der Waals surface area contributed by atoms with E-state index in [0.717, 1.165) is 6.42 Å². The van der Waals surface area contributed by atoms with Gasteiger partial charge in [-0.2, -0.15) is 0 Å². The highest BCUT2D eigenvalue weighted by molar-refractivity contribution is 5.84. The number of hydrogen-bond acceptors (Lipinski definition) is 5. The molecule has 0 aromatic heterocycles. The highest BCUT2D eigenvalue weighted by atomic mass is 16.4. The predicted molar refractivity (Wildman–Crippen MR) is 97.2 cm³/mol. The van der Waals surface area contributed by atoms with E-state index in [1.54, 1.807) is 0 Å². The van der Waals surface area contributed by atoms with Crippen molar-refractivity contribution in [2.24, 2.45) is 17.4 Å². The van der Waals surface area contributed by atoms with Gasteiger partial charge in [0.2, 0.25) is 0 Å². The molecule has 0 bridgehead atoms. The van der Waals surface area contributed by atoms with Crippen molar-refractivity contribution in [1.82, 2.24) is 0 Å². The highest BCUT2D eigenvalue weighted by Gasteiger charge is 2.59. The van der Waals surface area contributed by atoms with Gasteiger partial charge >= 0.3 is 17.8 Å². The smallest absolute Gasteiger partial charge is 0.363 e. The number of carboxylic acid groups (broad SMARTS) is 2. The fourth-order valence-electron chi connectivity index (χ4n) is 4.03. The van der Waals surface area contributed by atoms with Crippen LogP contribution >= 0.6 is 0 Å². The van der Waals surface area contributed by atoms with Crippen molar-refractivity contribution < 1.29 is 29.1 Å². The number of carbonyl (C=O) groups excluding carboxylic acids is 1. The first-order valence-corrected chi connectivity index (χ1v) is 9.51. The van der Waals surface area contributed by atoms with Crippen LogP contribution in [0.2, 0.25) is 0 Å². The minimum Gasteiger partial charge on any atom is -0.477 e. The monoisotopic (exact) mass is 372 g/mol. The Kier molecular flexibility index (Phi) is 8.66. The van der Waals surface area contributed by atoms with Crippen LogP contribution in [0.5, 0.6) is 0 Å². The molecule has 4 atom stereocenters. The highest BCUT2D eigenvalue weighted by Crippen LogP contribution is 2.35. The van der Waals surface area contributed by atoms with Crippen molar-refractivity contribution in [1.29, 1.82) is 0 Å². The van der Waals surface area contributed by atoms with Gasteiger partial charge in [0.1, 0.15) is 6.04 Å². The first-order chi connectivity index (χ1) is 12.2. The van der Waals surface area contributed by atoms with E-state index in [1.807, 2.05) is 13.8 Å². The molecule has 1 aliphatic rings. The molecule has 150 valence electrons. The van der Waals surface area contributed by atoms with Crippen LogP contribution < -0.4 is 11.5 Å². The number of aliphatic carboxylic acids is 2. The maximum atomic E-state index is 13.3. The van der Waals surface area contributed by atoms with E-state index in [1.165, 1.54) is 0 Å². The van der Waals surface area contributed by atoms with Crippen LogP contribution in [-0.2, 0) is 14.4 Å². The van der Waals surface area contributed by atoms with Crippen LogP contribution in [-0.4, -0.2) is 63.8 Å². The fourth-order valence-corrected chi connectivity index (χ4v) is 4.03. The second-order valence-electron chi connectivity index (χ2n) is 7.70. The van der Waals surface area contributed by atoms with E-state index < -0.39 is 40.5 Å². The molecule has 8 nitrogen and oxygen atoms in total. The van der Waals surface area contributed by atoms with Crippen molar-refractivity contribution in [3.05, 3.63) is 0 Å². The molecule has 0 saturated carbocycles. The first-order valence-electron chi connectivity index (χ1n) is 9.51. The number of quaternary nitrogens is 1. The van der Waals surface area contributed by atoms with Gasteiger partial charge in [-0.25, -0.2) is 18.9 Å². The fraction of sp³-hybridized carbons (Fsp3) is 0.833. The molecule has 6 N–H and O–H groups in total. The zero-order valence-corrected chi connectivity index (χ0v) is 15.9. The summed E-state index contributed by atoms with van der Waals surface area (Å²) in [7, 11) is 0. The van der Waals surface area contributed by atoms with Gasteiger partial charge in [-0.3, -0.25) is 0 Å². The summed E-state index contributed by atoms with van der Waals surface area (Å²) in [6.07, 6.45) is 3.44. The largest absolute Gasteiger partial charge is 0.477 e. The van der Waals surface area contributed by atoms with Gasteiger partial charge in [0, 0.05) is 19.3 Å². The normalized spacial score (nSPS) is 25.2. The Balaban J connectivity index is 3.22. The molecule has 1 saturated heterocycles. The molecule has 1 aliphatic heterocycles. The van der Waals surface area contributed by atoms with Gasteiger partial charge in [-0.05, 0) is 38.1 Å². The Morgan fingerprint density at radius 3 is 2.27 bits per heavy atom. The lowest BCUT2D eigenvalue weighted by molar-refractivity contribution is -0.875. The SMILES string of the molecule is CC(C)CCC(C(=O)O)[N+]1(C(=O)[C@@H](N)CCCCN)CCC[C@H]1C(=O)O. The van der Waals surface area contributed by atoms with Crippen LogP contribution in [0.25, 0.3) is 0 Å². The molecule has 0 radical (unpaired) electrons. The molecule has 1 heterocycles. The summed E-state index contributed by atoms with van der Waals surface area (Å²) in [6, 6.07) is -2.99. The molecule has 1 fully saturated rings. The number of rotatable bonds is 11. The van der Waals surface area contributed by atoms with Crippen LogP contribution in [0.3, 0.4) is 0 Å². The summed E-state index contributed by atoms with van der Waals surface area (Å²) in [4.78, 5) is 37.1. The standard InChI is InChI=1S/C18H33N3O5/c1-12(2)8-9-15(18(25)26)21(11-5-7-14(21)17(23)24)16(22)13(20)6-3-4-10-19/h12-15H,3-11,19-20H2,1-2H3,(H-,23,24,25,26)/p+1/t13-,14-,15?,21?/m0/s1. The van der Waals surface area contributed by atoms with E-state index in [4.69, 9.17) is 11.5 Å². The van der Waals surface area contributed by atoms with E-state index >= 15 is 0 Å². The number of carboxylic acids is 2. The third-order valence-corrected chi connectivity index (χ3v) is 5.40. The summed E-state index contributed by atoms with van der Waals surface area (Å²) in [5.41, 5.74) is 11.6. The number of amides is 1. The second-order valence-corrected chi connectivity index (χ2v) is 7.70. The van der Waals surface area contributed by atoms with Crippen molar-refractivity contribution in [2.45, 2.75) is 76.9 Å². The van der Waals surface area contributed by atoms with Crippen LogP contribution in [0.1, 0.15) is 58.8 Å². The van der Waals surface area contributed by atoms with E-state index in [2.05, 4.69) is 0 Å². The number of hydrogen-bond donors (Lipinski definition) is 4. The Hall–Kier alpha value is -1.51. The number of nitrogens with zero attached hydrogens (tertiary/aromatic N) is 1. The summed E-state index contributed by atoms with van der Waals surface area (Å²) in [6.45, 7) is 4.66. The molecule has 8 heteroatoms. The number of likely N-dealkylation sites (tertiary alicyclic amines) is 1. The molecule has 1 rings (SSSR count). The quantitative estimate of drug-likeness (QED) is 0.312. The number of carbonyl (C=O) groups is 3. The lowest BCUT2D eigenvalue weighted by Crippen LogP contribution is -2.69. The van der Waals surface area contributed by atoms with Crippen LogP contribution in [0.4, 0.5) is 0 Å². The minimum atomic E-state index is -1.12. The number of unbranched alkanes of at least 4 members (excludes halogenated alkanes) is 1. The molecule has 0 spiro atoms. The summed E-state index contributed by atoms with van der Waals surface area (Å²) >= 11 is 0. The molecule has 2 unspecified atom stereocenters. The third kappa shape index (κ3) is 5.02. The zero-order valence-electron chi connectivity index (χ0n) is 15.9. The van der Waals surface area contributed by atoms with E-state index in [-0.39, 0.29) is 18.9 Å². The van der Waals surface area contributed by atoms with Gasteiger partial charge in [-0.15, -0.1) is 0 Å². The molecular weight excluding hydrogens is 338 g/mol. The first kappa shape index (κ1) is 22.5. The minimum absolute atomic E-state index is 0.218. The topological polar surface area (TPSA) is 144 Å². The van der Waals surface area contributed by atoms with Gasteiger partial charge in [0.05, 0.1) is 6.54 Å².